The molecule has 0 heterocycles. The zero-order valence-corrected chi connectivity index (χ0v) is 12.5. The molecule has 0 atom stereocenters. The Balaban J connectivity index is 0.000000164. The van der Waals surface area contributed by atoms with Gasteiger partial charge < -0.3 is 0 Å². The molecular weight excluding hydrogens is 271 g/mol. The summed E-state index contributed by atoms with van der Waals surface area (Å²) in [5.41, 5.74) is 3.70. The molecule has 0 N–H and O–H groups in total. The minimum absolute atomic E-state index is 0.421. The number of benzene rings is 3. The molecule has 3 aromatic carbocycles. The standard InChI is InChI=1S/C12H10.C7H7BO2/c1-3-7-11(8-4-1)12-9-5-2-6-10-12;1-6-2-4-7(5-3-6)10-8-9/h1-10H;2-5H,1H3. The number of hydrogen-bond donors (Lipinski definition) is 0. The summed E-state index contributed by atoms with van der Waals surface area (Å²) >= 11 is 0. The smallest absolute Gasteiger partial charge is 0.0184 e. The minimum atomic E-state index is 0.421. The fourth-order valence-electron chi connectivity index (χ4n) is 1.93. The summed E-state index contributed by atoms with van der Waals surface area (Å²) < 4.78 is 14.4. The first kappa shape index (κ1) is 15.7. The summed E-state index contributed by atoms with van der Waals surface area (Å²) in [6.07, 6.45) is 0. The van der Waals surface area contributed by atoms with E-state index < -0.39 is 0 Å². The predicted octanol–water partition coefficient (Wildman–Crippen LogP) is 4.69. The van der Waals surface area contributed by atoms with Gasteiger partial charge in [-0.3, -0.25) is 0 Å². The van der Waals surface area contributed by atoms with Crippen LogP contribution in [0.25, 0.3) is 11.1 Å². The Kier molecular flexibility index (Phi) is 6.12. The normalized spacial score (nSPS) is 9.14. The zero-order valence-electron chi connectivity index (χ0n) is 12.5. The second-order valence-corrected chi connectivity index (χ2v) is 4.76. The first-order valence-electron chi connectivity index (χ1n) is 7.07. The molecule has 108 valence electrons. The van der Waals surface area contributed by atoms with E-state index in [9.17, 15) is 4.70 Å². The summed E-state index contributed by atoms with van der Waals surface area (Å²) in [6.45, 7) is 1.98. The molecule has 0 aliphatic heterocycles. The average Bonchev–Trinajstić information content (AvgIpc) is 2.59. The first-order chi connectivity index (χ1) is 10.8. The van der Waals surface area contributed by atoms with E-state index in [0.717, 1.165) is 5.56 Å². The van der Waals surface area contributed by atoms with Crippen LogP contribution in [0, 0.1) is 6.92 Å². The van der Waals surface area contributed by atoms with E-state index in [2.05, 4.69) is 53.2 Å². The van der Waals surface area contributed by atoms with Gasteiger partial charge in [-0.25, -0.2) is 0 Å². The molecule has 0 radical (unpaired) electrons. The van der Waals surface area contributed by atoms with Crippen molar-refractivity contribution >= 4 is 7.35 Å². The summed E-state index contributed by atoms with van der Waals surface area (Å²) in [6, 6.07) is 28.1. The van der Waals surface area contributed by atoms with Gasteiger partial charge in [0.1, 0.15) is 0 Å². The van der Waals surface area contributed by atoms with E-state index in [-0.39, 0.29) is 0 Å². The van der Waals surface area contributed by atoms with Gasteiger partial charge in [-0.05, 0) is 11.1 Å². The average molecular weight is 288 g/mol. The molecular formula is C19H17BO2. The van der Waals surface area contributed by atoms with Gasteiger partial charge in [-0.1, -0.05) is 60.7 Å². The van der Waals surface area contributed by atoms with Crippen LogP contribution in [0.4, 0.5) is 0 Å². The maximum absolute atomic E-state index is 9.84. The maximum Gasteiger partial charge on any atom is -0.0184 e. The van der Waals surface area contributed by atoms with Gasteiger partial charge in [-0.2, -0.15) is 0 Å². The van der Waals surface area contributed by atoms with E-state index in [1.165, 1.54) is 11.1 Å². The molecule has 0 aliphatic rings. The van der Waals surface area contributed by atoms with Crippen molar-refractivity contribution in [1.29, 1.82) is 0 Å². The predicted molar refractivity (Wildman–Crippen MR) is 90.1 cm³/mol. The molecule has 0 aromatic heterocycles. The third-order valence-corrected chi connectivity index (χ3v) is 3.09. The second kappa shape index (κ2) is 8.58. The Hall–Kier alpha value is -2.68. The van der Waals surface area contributed by atoms with Gasteiger partial charge in [-0.15, -0.1) is 0 Å². The van der Waals surface area contributed by atoms with Crippen LogP contribution in [0.15, 0.2) is 84.9 Å². The molecule has 3 rings (SSSR count). The number of rotatable bonds is 3. The van der Waals surface area contributed by atoms with Crippen LogP contribution in [-0.4, -0.2) is 7.35 Å². The van der Waals surface area contributed by atoms with E-state index in [1.807, 2.05) is 31.2 Å². The van der Waals surface area contributed by atoms with Crippen LogP contribution in [0.2, 0.25) is 0 Å². The summed E-state index contributed by atoms with van der Waals surface area (Å²) in [5, 5.41) is 0. The largest absolute Gasteiger partial charge is 0.0622 e. The topological polar surface area (TPSA) is 26.3 Å². The molecule has 0 amide bonds. The Morgan fingerprint density at radius 3 is 1.55 bits per heavy atom. The van der Waals surface area contributed by atoms with Crippen molar-refractivity contribution in [1.82, 2.24) is 0 Å². The van der Waals surface area contributed by atoms with Crippen molar-refractivity contribution in [2.45, 2.75) is 6.92 Å². The van der Waals surface area contributed by atoms with Crippen molar-refractivity contribution in [3.63, 3.8) is 0 Å². The Morgan fingerprint density at radius 1 is 0.682 bits per heavy atom. The summed E-state index contributed by atoms with van der Waals surface area (Å²) in [7, 11) is 0.421. The molecule has 3 heteroatoms. The van der Waals surface area contributed by atoms with Gasteiger partial charge in [0.2, 0.25) is 0 Å². The van der Waals surface area contributed by atoms with Gasteiger partial charge in [0.15, 0.2) is 0 Å². The molecule has 0 spiro atoms. The van der Waals surface area contributed by atoms with Gasteiger partial charge in [0.25, 0.3) is 0 Å². The molecule has 0 saturated carbocycles. The fourth-order valence-corrected chi connectivity index (χ4v) is 1.93. The van der Waals surface area contributed by atoms with Crippen molar-refractivity contribution < 1.29 is 9.36 Å². The van der Waals surface area contributed by atoms with Gasteiger partial charge in [0.05, 0.1) is 0 Å². The van der Waals surface area contributed by atoms with E-state index in [0.29, 0.717) is 13.1 Å². The van der Waals surface area contributed by atoms with Crippen molar-refractivity contribution in [2.75, 3.05) is 0 Å². The van der Waals surface area contributed by atoms with E-state index in [4.69, 9.17) is 0 Å². The van der Waals surface area contributed by atoms with Crippen LogP contribution < -0.4 is 4.65 Å². The monoisotopic (exact) mass is 288 g/mol. The molecule has 2 nitrogen and oxygen atoms in total. The summed E-state index contributed by atoms with van der Waals surface area (Å²) in [4.78, 5) is 0. The van der Waals surface area contributed by atoms with Crippen molar-refractivity contribution in [2.24, 2.45) is 0 Å². The van der Waals surface area contributed by atoms with Gasteiger partial charge >= 0.3 is 59.2 Å². The van der Waals surface area contributed by atoms with Crippen LogP contribution in [0.3, 0.4) is 0 Å². The molecule has 22 heavy (non-hydrogen) atoms. The van der Waals surface area contributed by atoms with Crippen molar-refractivity contribution in [3.8, 4) is 16.9 Å². The molecule has 0 bridgehead atoms. The molecule has 0 aliphatic carbocycles. The van der Waals surface area contributed by atoms with E-state index in [1.54, 1.807) is 12.1 Å². The minimum Gasteiger partial charge on any atom is -0.0622 e. The summed E-state index contributed by atoms with van der Waals surface area (Å²) in [5.74, 6) is 0.584. The molecule has 3 aromatic rings. The fraction of sp³-hybridized carbons (Fsp3) is 0.0526. The Labute approximate surface area is 131 Å². The van der Waals surface area contributed by atoms with Crippen LogP contribution in [0.1, 0.15) is 5.56 Å². The Bertz CT molecular complexity index is 642. The quantitative estimate of drug-likeness (QED) is 0.653. The van der Waals surface area contributed by atoms with Crippen LogP contribution in [-0.2, 0) is 4.70 Å². The number of hydrogen-bond acceptors (Lipinski definition) is 2. The molecule has 0 fully saturated rings. The zero-order chi connectivity index (χ0) is 15.6. The van der Waals surface area contributed by atoms with Crippen LogP contribution in [0.5, 0.6) is 5.75 Å². The molecule has 0 unspecified atom stereocenters. The van der Waals surface area contributed by atoms with Crippen molar-refractivity contribution in [3.05, 3.63) is 90.5 Å². The Morgan fingerprint density at radius 2 is 1.14 bits per heavy atom. The van der Waals surface area contributed by atoms with Crippen LogP contribution >= 0.6 is 0 Å². The first-order valence-corrected chi connectivity index (χ1v) is 7.07. The SMILES string of the molecule is Cc1ccc(OB=O)cc1.c1ccc(-c2ccccc2)cc1. The number of aryl methyl sites for hydroxylation is 1. The maximum atomic E-state index is 9.84. The van der Waals surface area contributed by atoms with Gasteiger partial charge in [0, 0.05) is 0 Å². The second-order valence-electron chi connectivity index (χ2n) is 4.76. The molecule has 0 saturated heterocycles. The third kappa shape index (κ3) is 5.02. The third-order valence-electron chi connectivity index (χ3n) is 3.09. The van der Waals surface area contributed by atoms with E-state index >= 15 is 0 Å².